The fraction of sp³-hybridized carbons (Fsp3) is 0.250. The topological polar surface area (TPSA) is 52.0 Å². The Labute approximate surface area is 103 Å². The Morgan fingerprint density at radius 3 is 2.81 bits per heavy atom. The van der Waals surface area contributed by atoms with Gasteiger partial charge in [-0.15, -0.1) is 0 Å². The quantitative estimate of drug-likeness (QED) is 0.915. The molecule has 0 unspecified atom stereocenters. The molecule has 0 bridgehead atoms. The summed E-state index contributed by atoms with van der Waals surface area (Å²) < 4.78 is 6.09. The van der Waals surface area contributed by atoms with Crippen LogP contribution in [0.3, 0.4) is 0 Å². The van der Waals surface area contributed by atoms with Crippen LogP contribution >= 0.6 is 15.9 Å². The normalized spacial score (nSPS) is 10.7. The van der Waals surface area contributed by atoms with Crippen LogP contribution in [0.2, 0.25) is 0 Å². The lowest BCUT2D eigenvalue weighted by molar-refractivity contribution is 0.438. The molecule has 0 fully saturated rings. The molecule has 0 saturated carbocycles. The second kappa shape index (κ2) is 4.29. The van der Waals surface area contributed by atoms with E-state index >= 15 is 0 Å². The summed E-state index contributed by atoms with van der Waals surface area (Å²) in [5.74, 6) is 0.411. The second-order valence-corrected chi connectivity index (χ2v) is 4.55. The van der Waals surface area contributed by atoms with Crippen molar-refractivity contribution in [3.63, 3.8) is 0 Å². The Morgan fingerprint density at radius 1 is 1.44 bits per heavy atom. The SMILES string of the molecule is CCc1c(-c2ccc(C)c(Br)c2)noc1N. The molecule has 0 radical (unpaired) electrons. The molecule has 0 amide bonds. The Kier molecular flexibility index (Phi) is 3.01. The lowest BCUT2D eigenvalue weighted by Gasteiger charge is -2.02. The van der Waals surface area contributed by atoms with Gasteiger partial charge in [-0.05, 0) is 25.0 Å². The van der Waals surface area contributed by atoms with Gasteiger partial charge in [0.1, 0.15) is 5.69 Å². The van der Waals surface area contributed by atoms with Gasteiger partial charge in [0, 0.05) is 15.6 Å². The number of nitrogen functional groups attached to an aromatic ring is 1. The number of benzene rings is 1. The highest BCUT2D eigenvalue weighted by Gasteiger charge is 2.13. The highest BCUT2D eigenvalue weighted by atomic mass is 79.9. The van der Waals surface area contributed by atoms with Gasteiger partial charge < -0.3 is 10.3 Å². The van der Waals surface area contributed by atoms with Gasteiger partial charge in [0.25, 0.3) is 0 Å². The Hall–Kier alpha value is -1.29. The van der Waals surface area contributed by atoms with Crippen LogP contribution in [0.25, 0.3) is 11.3 Å². The molecule has 84 valence electrons. The molecule has 1 aromatic heterocycles. The number of aryl methyl sites for hydroxylation is 1. The van der Waals surface area contributed by atoms with Crippen LogP contribution in [0.1, 0.15) is 18.1 Å². The molecule has 0 spiro atoms. The number of hydrogen-bond acceptors (Lipinski definition) is 3. The molecule has 16 heavy (non-hydrogen) atoms. The van der Waals surface area contributed by atoms with Gasteiger partial charge in [-0.3, -0.25) is 0 Å². The van der Waals surface area contributed by atoms with Crippen molar-refractivity contribution >= 4 is 21.8 Å². The van der Waals surface area contributed by atoms with Crippen LogP contribution in [-0.4, -0.2) is 5.16 Å². The third-order valence-corrected chi connectivity index (χ3v) is 3.47. The van der Waals surface area contributed by atoms with Gasteiger partial charge in [0.15, 0.2) is 0 Å². The maximum absolute atomic E-state index is 5.72. The molecule has 2 rings (SSSR count). The van der Waals surface area contributed by atoms with Crippen molar-refractivity contribution in [3.8, 4) is 11.3 Å². The van der Waals surface area contributed by atoms with E-state index in [1.165, 1.54) is 5.56 Å². The minimum Gasteiger partial charge on any atom is -0.367 e. The number of anilines is 1. The van der Waals surface area contributed by atoms with Crippen molar-refractivity contribution in [2.45, 2.75) is 20.3 Å². The molecule has 0 aliphatic heterocycles. The van der Waals surface area contributed by atoms with Gasteiger partial charge in [-0.2, -0.15) is 0 Å². The predicted octanol–water partition coefficient (Wildman–Crippen LogP) is 3.56. The molecule has 0 atom stereocenters. The zero-order chi connectivity index (χ0) is 11.7. The molecular weight excluding hydrogens is 268 g/mol. The number of nitrogens with two attached hydrogens (primary N) is 1. The first-order valence-electron chi connectivity index (χ1n) is 5.14. The van der Waals surface area contributed by atoms with Gasteiger partial charge in [-0.1, -0.05) is 40.1 Å². The van der Waals surface area contributed by atoms with Crippen LogP contribution in [-0.2, 0) is 6.42 Å². The highest BCUT2D eigenvalue weighted by molar-refractivity contribution is 9.10. The molecular formula is C12H13BrN2O. The largest absolute Gasteiger partial charge is 0.367 e. The summed E-state index contributed by atoms with van der Waals surface area (Å²) in [5.41, 5.74) is 9.73. The van der Waals surface area contributed by atoms with Crippen LogP contribution in [0, 0.1) is 6.92 Å². The summed E-state index contributed by atoms with van der Waals surface area (Å²) in [5, 5.41) is 4.01. The van der Waals surface area contributed by atoms with Crippen molar-refractivity contribution in [2.24, 2.45) is 0 Å². The Morgan fingerprint density at radius 2 is 2.19 bits per heavy atom. The average molecular weight is 281 g/mol. The average Bonchev–Trinajstić information content (AvgIpc) is 2.63. The molecule has 3 nitrogen and oxygen atoms in total. The van der Waals surface area contributed by atoms with E-state index in [4.69, 9.17) is 10.3 Å². The van der Waals surface area contributed by atoms with Crippen molar-refractivity contribution in [3.05, 3.63) is 33.8 Å². The number of aromatic nitrogens is 1. The van der Waals surface area contributed by atoms with Crippen molar-refractivity contribution in [1.29, 1.82) is 0 Å². The van der Waals surface area contributed by atoms with E-state index in [-0.39, 0.29) is 0 Å². The molecule has 0 aliphatic rings. The predicted molar refractivity (Wildman–Crippen MR) is 68.2 cm³/mol. The van der Waals surface area contributed by atoms with E-state index in [1.807, 2.05) is 32.0 Å². The lowest BCUT2D eigenvalue weighted by Crippen LogP contribution is -1.90. The standard InChI is InChI=1S/C12H13BrN2O/c1-3-9-11(15-16-12(9)14)8-5-4-7(2)10(13)6-8/h4-6H,3,14H2,1-2H3. The smallest absolute Gasteiger partial charge is 0.225 e. The maximum atomic E-state index is 5.72. The minimum absolute atomic E-state index is 0.411. The van der Waals surface area contributed by atoms with Crippen molar-refractivity contribution in [2.75, 3.05) is 5.73 Å². The van der Waals surface area contributed by atoms with E-state index in [0.717, 1.165) is 27.7 Å². The number of nitrogens with zero attached hydrogens (tertiary/aromatic N) is 1. The zero-order valence-corrected chi connectivity index (χ0v) is 10.8. The summed E-state index contributed by atoms with van der Waals surface area (Å²) in [6.45, 7) is 4.08. The summed E-state index contributed by atoms with van der Waals surface area (Å²) >= 11 is 3.51. The van der Waals surface area contributed by atoms with Crippen molar-refractivity contribution < 1.29 is 4.52 Å². The third kappa shape index (κ3) is 1.85. The molecule has 4 heteroatoms. The number of hydrogen-bond donors (Lipinski definition) is 1. The Balaban J connectivity index is 2.54. The minimum atomic E-state index is 0.411. The molecule has 0 saturated heterocycles. The zero-order valence-electron chi connectivity index (χ0n) is 9.25. The molecule has 1 aromatic carbocycles. The molecule has 1 heterocycles. The van der Waals surface area contributed by atoms with Crippen LogP contribution in [0.4, 0.5) is 5.88 Å². The first-order chi connectivity index (χ1) is 7.63. The summed E-state index contributed by atoms with van der Waals surface area (Å²) in [7, 11) is 0. The van der Waals surface area contributed by atoms with Crippen LogP contribution in [0.5, 0.6) is 0 Å². The number of rotatable bonds is 2. The van der Waals surface area contributed by atoms with Crippen molar-refractivity contribution in [1.82, 2.24) is 5.16 Å². The maximum Gasteiger partial charge on any atom is 0.225 e. The van der Waals surface area contributed by atoms with Gasteiger partial charge >= 0.3 is 0 Å². The fourth-order valence-corrected chi connectivity index (χ4v) is 2.01. The van der Waals surface area contributed by atoms with E-state index < -0.39 is 0 Å². The third-order valence-electron chi connectivity index (χ3n) is 2.62. The monoisotopic (exact) mass is 280 g/mol. The van der Waals surface area contributed by atoms with Gasteiger partial charge in [0.2, 0.25) is 5.88 Å². The lowest BCUT2D eigenvalue weighted by atomic mass is 10.0. The van der Waals surface area contributed by atoms with Crippen LogP contribution in [0.15, 0.2) is 27.2 Å². The number of halogens is 1. The van der Waals surface area contributed by atoms with Crippen LogP contribution < -0.4 is 5.73 Å². The van der Waals surface area contributed by atoms with E-state index in [1.54, 1.807) is 0 Å². The van der Waals surface area contributed by atoms with E-state index in [2.05, 4.69) is 21.1 Å². The first-order valence-corrected chi connectivity index (χ1v) is 5.93. The van der Waals surface area contributed by atoms with Gasteiger partial charge in [-0.25, -0.2) is 0 Å². The second-order valence-electron chi connectivity index (χ2n) is 3.69. The molecule has 2 aromatic rings. The summed E-state index contributed by atoms with van der Waals surface area (Å²) in [6, 6.07) is 6.10. The molecule has 0 aliphatic carbocycles. The highest BCUT2D eigenvalue weighted by Crippen LogP contribution is 2.30. The first kappa shape index (κ1) is 11.2. The fourth-order valence-electron chi connectivity index (χ4n) is 1.63. The molecule has 2 N–H and O–H groups in total. The van der Waals surface area contributed by atoms with E-state index in [9.17, 15) is 0 Å². The summed E-state index contributed by atoms with van der Waals surface area (Å²) in [6.07, 6.45) is 0.816. The van der Waals surface area contributed by atoms with Gasteiger partial charge in [0.05, 0.1) is 0 Å². The van der Waals surface area contributed by atoms with E-state index in [0.29, 0.717) is 5.88 Å². The Bertz CT molecular complexity index is 520. The summed E-state index contributed by atoms with van der Waals surface area (Å²) in [4.78, 5) is 0.